The summed E-state index contributed by atoms with van der Waals surface area (Å²) in [5.41, 5.74) is 0. The topological polar surface area (TPSA) is 34.1 Å². The van der Waals surface area contributed by atoms with E-state index in [0.29, 0.717) is 4.90 Å². The van der Waals surface area contributed by atoms with Gasteiger partial charge in [-0.3, -0.25) is 0 Å². The van der Waals surface area contributed by atoms with Crippen molar-refractivity contribution in [3.05, 3.63) is 28.7 Å². The first-order valence-electron chi connectivity index (χ1n) is 4.60. The van der Waals surface area contributed by atoms with Crippen LogP contribution in [0.15, 0.2) is 33.6 Å². The monoisotopic (exact) mass is 402 g/mol. The van der Waals surface area contributed by atoms with Gasteiger partial charge in [0, 0.05) is 4.47 Å². The molecular weight excluding hydrogens is 391 g/mol. The molecule has 0 saturated carbocycles. The Morgan fingerprint density at radius 1 is 1.13 bits per heavy atom. The van der Waals surface area contributed by atoms with E-state index in [1.807, 2.05) is 0 Å². The fourth-order valence-corrected chi connectivity index (χ4v) is 3.32. The average molecular weight is 403 g/mol. The third-order valence-electron chi connectivity index (χ3n) is 1.97. The molecule has 1 rings (SSSR count). The van der Waals surface area contributed by atoms with E-state index in [9.17, 15) is 8.42 Å². The second-order valence-electron chi connectivity index (χ2n) is 3.17. The zero-order valence-electron chi connectivity index (χ0n) is 8.12. The fraction of sp³-hybridized carbons (Fsp3) is 0.400. The van der Waals surface area contributed by atoms with Crippen molar-refractivity contribution in [1.82, 2.24) is 0 Å². The minimum atomic E-state index is -3.07. The highest BCUT2D eigenvalue weighted by Crippen LogP contribution is 2.16. The molecule has 0 aliphatic heterocycles. The smallest absolute Gasteiger partial charge is 0.178 e. The van der Waals surface area contributed by atoms with E-state index in [4.69, 9.17) is 0 Å². The normalized spacial score (nSPS) is 11.6. The molecule has 0 saturated heterocycles. The Bertz CT molecular complexity index is 400. The molecule has 15 heavy (non-hydrogen) atoms. The lowest BCUT2D eigenvalue weighted by molar-refractivity contribution is 0.593. The minimum Gasteiger partial charge on any atom is -0.224 e. The van der Waals surface area contributed by atoms with Crippen molar-refractivity contribution in [2.75, 3.05) is 10.2 Å². The van der Waals surface area contributed by atoms with Crippen molar-refractivity contribution in [3.63, 3.8) is 0 Å². The van der Waals surface area contributed by atoms with Crippen LogP contribution in [0.2, 0.25) is 0 Å². The Morgan fingerprint density at radius 3 is 2.27 bits per heavy atom. The van der Waals surface area contributed by atoms with Crippen molar-refractivity contribution >= 4 is 48.4 Å². The Labute approximate surface area is 113 Å². The van der Waals surface area contributed by atoms with Crippen LogP contribution in [0, 0.1) is 0 Å². The van der Waals surface area contributed by atoms with Gasteiger partial charge in [-0.1, -0.05) is 38.5 Å². The van der Waals surface area contributed by atoms with Crippen molar-refractivity contribution in [2.24, 2.45) is 0 Å². The van der Waals surface area contributed by atoms with Gasteiger partial charge in [0.05, 0.1) is 10.6 Å². The molecule has 5 heteroatoms. The van der Waals surface area contributed by atoms with Gasteiger partial charge in [0.25, 0.3) is 0 Å². The second-order valence-corrected chi connectivity index (χ2v) is 7.27. The lowest BCUT2D eigenvalue weighted by atomic mass is 10.4. The Morgan fingerprint density at radius 2 is 1.73 bits per heavy atom. The molecule has 0 aromatic heterocycles. The van der Waals surface area contributed by atoms with Crippen LogP contribution in [-0.2, 0) is 9.84 Å². The highest BCUT2D eigenvalue weighted by atomic mass is 127. The predicted octanol–water partition coefficient (Wildman–Crippen LogP) is 3.44. The number of unbranched alkanes of at least 4 members (excludes halogenated alkanes) is 1. The molecule has 0 atom stereocenters. The minimum absolute atomic E-state index is 0.248. The first-order valence-corrected chi connectivity index (χ1v) is 8.57. The maximum atomic E-state index is 11.8. The quantitative estimate of drug-likeness (QED) is 0.429. The predicted molar refractivity (Wildman–Crippen MR) is 74.3 cm³/mol. The molecular formula is C10H12BrIO2S. The highest BCUT2D eigenvalue weighted by molar-refractivity contribution is 14.1. The maximum Gasteiger partial charge on any atom is 0.178 e. The zero-order chi connectivity index (χ0) is 11.3. The van der Waals surface area contributed by atoms with E-state index in [2.05, 4.69) is 38.5 Å². The van der Waals surface area contributed by atoms with Gasteiger partial charge >= 0.3 is 0 Å². The van der Waals surface area contributed by atoms with Gasteiger partial charge in [-0.2, -0.15) is 0 Å². The van der Waals surface area contributed by atoms with Gasteiger partial charge in [0.1, 0.15) is 0 Å². The molecule has 0 radical (unpaired) electrons. The van der Waals surface area contributed by atoms with Gasteiger partial charge in [-0.25, -0.2) is 8.42 Å². The Kier molecular flexibility index (Phi) is 5.56. The summed E-state index contributed by atoms with van der Waals surface area (Å²) < 4.78 is 25.5. The third-order valence-corrected chi connectivity index (χ3v) is 5.08. The van der Waals surface area contributed by atoms with E-state index >= 15 is 0 Å². The Balaban J connectivity index is 2.73. The summed E-state index contributed by atoms with van der Waals surface area (Å²) in [6, 6.07) is 6.80. The third kappa shape index (κ3) is 4.40. The van der Waals surface area contributed by atoms with Crippen molar-refractivity contribution < 1.29 is 8.42 Å². The molecule has 0 spiro atoms. The van der Waals surface area contributed by atoms with Gasteiger partial charge < -0.3 is 0 Å². The first kappa shape index (κ1) is 13.4. The summed E-state index contributed by atoms with van der Waals surface area (Å²) in [5.74, 6) is 0.248. The summed E-state index contributed by atoms with van der Waals surface area (Å²) in [5, 5.41) is 0. The van der Waals surface area contributed by atoms with Gasteiger partial charge in [-0.05, 0) is 41.5 Å². The van der Waals surface area contributed by atoms with Gasteiger partial charge in [0.2, 0.25) is 0 Å². The molecule has 0 bridgehead atoms. The molecule has 1 aromatic carbocycles. The number of benzene rings is 1. The molecule has 0 N–H and O–H groups in total. The molecule has 0 aliphatic rings. The largest absolute Gasteiger partial charge is 0.224 e. The summed E-state index contributed by atoms with van der Waals surface area (Å²) in [4.78, 5) is 0.416. The van der Waals surface area contributed by atoms with Crippen LogP contribution in [0.4, 0.5) is 0 Å². The molecule has 0 amide bonds. The number of rotatable bonds is 5. The SMILES string of the molecule is O=S(=O)(CCCCI)c1ccc(Br)cc1. The number of hydrogen-bond donors (Lipinski definition) is 0. The van der Waals surface area contributed by atoms with Crippen LogP contribution in [0.5, 0.6) is 0 Å². The summed E-state index contributed by atoms with van der Waals surface area (Å²) in [7, 11) is -3.07. The maximum absolute atomic E-state index is 11.8. The first-order chi connectivity index (χ1) is 7.06. The fourth-order valence-electron chi connectivity index (χ4n) is 1.15. The van der Waals surface area contributed by atoms with Crippen LogP contribution in [0.3, 0.4) is 0 Å². The van der Waals surface area contributed by atoms with Crippen LogP contribution >= 0.6 is 38.5 Å². The second kappa shape index (κ2) is 6.20. The van der Waals surface area contributed by atoms with Gasteiger partial charge in [0.15, 0.2) is 9.84 Å². The number of hydrogen-bond acceptors (Lipinski definition) is 2. The molecule has 0 aliphatic carbocycles. The highest BCUT2D eigenvalue weighted by Gasteiger charge is 2.12. The summed E-state index contributed by atoms with van der Waals surface area (Å²) >= 11 is 5.54. The standard InChI is InChI=1S/C10H12BrIO2S/c11-9-3-5-10(6-4-9)15(13,14)8-2-1-7-12/h3-6H,1-2,7-8H2. The lowest BCUT2D eigenvalue weighted by Crippen LogP contribution is -2.06. The van der Waals surface area contributed by atoms with Crippen molar-refractivity contribution in [2.45, 2.75) is 17.7 Å². The Hall–Kier alpha value is 0.380. The molecule has 84 valence electrons. The number of sulfone groups is 1. The zero-order valence-corrected chi connectivity index (χ0v) is 12.7. The molecule has 0 unspecified atom stereocenters. The molecule has 1 aromatic rings. The van der Waals surface area contributed by atoms with Crippen molar-refractivity contribution in [1.29, 1.82) is 0 Å². The molecule has 2 nitrogen and oxygen atoms in total. The lowest BCUT2D eigenvalue weighted by Gasteiger charge is -2.03. The van der Waals surface area contributed by atoms with E-state index in [-0.39, 0.29) is 5.75 Å². The summed E-state index contributed by atoms with van der Waals surface area (Å²) in [6.07, 6.45) is 1.69. The average Bonchev–Trinajstić information content (AvgIpc) is 2.18. The van der Waals surface area contributed by atoms with Crippen LogP contribution in [0.1, 0.15) is 12.8 Å². The van der Waals surface area contributed by atoms with Crippen LogP contribution in [-0.4, -0.2) is 18.6 Å². The summed E-state index contributed by atoms with van der Waals surface area (Å²) in [6.45, 7) is 0. The molecule has 0 heterocycles. The van der Waals surface area contributed by atoms with E-state index in [1.54, 1.807) is 24.3 Å². The number of alkyl halides is 1. The van der Waals surface area contributed by atoms with Gasteiger partial charge in [-0.15, -0.1) is 0 Å². The molecule has 0 fully saturated rings. The van der Waals surface area contributed by atoms with E-state index in [0.717, 1.165) is 21.7 Å². The number of halogens is 2. The van der Waals surface area contributed by atoms with E-state index in [1.165, 1.54) is 0 Å². The van der Waals surface area contributed by atoms with Crippen LogP contribution in [0.25, 0.3) is 0 Å². The van der Waals surface area contributed by atoms with E-state index < -0.39 is 9.84 Å². The van der Waals surface area contributed by atoms with Crippen LogP contribution < -0.4 is 0 Å². The van der Waals surface area contributed by atoms with Crippen molar-refractivity contribution in [3.8, 4) is 0 Å².